The Morgan fingerprint density at radius 3 is 1.19 bits per heavy atom. The van der Waals surface area contributed by atoms with Crippen molar-refractivity contribution in [2.24, 2.45) is 0 Å². The monoisotopic (exact) mass is 505 g/mol. The number of dihydropyridines is 1. The van der Waals surface area contributed by atoms with Crippen LogP contribution in [0, 0.1) is 0 Å². The molecular weight excluding hydrogens is 450 g/mol. The quantitative estimate of drug-likeness (QED) is 0.118. The molecule has 5 heteroatoms. The highest BCUT2D eigenvalue weighted by atomic mass is 16.5. The molecule has 1 N–H and O–H groups in total. The molecule has 1 rings (SSSR count). The number of hydrogen-bond donors (Lipinski definition) is 1. The third-order valence-electron chi connectivity index (χ3n) is 7.09. The molecule has 0 aromatic heterocycles. The Morgan fingerprint density at radius 2 is 0.861 bits per heavy atom. The number of nitrogens with one attached hydrogen (secondary N) is 1. The second-order valence-corrected chi connectivity index (χ2v) is 10.4. The molecule has 0 radical (unpaired) electrons. The zero-order chi connectivity index (χ0) is 26.4. The minimum atomic E-state index is -0.323. The fraction of sp³-hybridized carbons (Fsp3) is 0.806. The molecule has 36 heavy (non-hydrogen) atoms. The van der Waals surface area contributed by atoms with Gasteiger partial charge in [-0.1, -0.05) is 117 Å². The van der Waals surface area contributed by atoms with Crippen molar-refractivity contribution >= 4 is 11.9 Å². The van der Waals surface area contributed by atoms with E-state index in [4.69, 9.17) is 9.47 Å². The highest BCUT2D eigenvalue weighted by molar-refractivity contribution is 5.96. The molecule has 1 heterocycles. The summed E-state index contributed by atoms with van der Waals surface area (Å²) in [6, 6.07) is 0. The van der Waals surface area contributed by atoms with Gasteiger partial charge in [0.25, 0.3) is 0 Å². The Kier molecular flexibility index (Phi) is 19.1. The number of ether oxygens (including phenoxy) is 2. The largest absolute Gasteiger partial charge is 0.462 e. The van der Waals surface area contributed by atoms with Gasteiger partial charge in [0.05, 0.1) is 24.4 Å². The molecule has 0 fully saturated rings. The molecular formula is C31H55NO4. The van der Waals surface area contributed by atoms with Crippen molar-refractivity contribution in [3.8, 4) is 0 Å². The number of esters is 2. The first-order chi connectivity index (χ1) is 17.5. The fourth-order valence-corrected chi connectivity index (χ4v) is 4.65. The Bertz CT molecular complexity index is 624. The number of rotatable bonds is 22. The Balaban J connectivity index is 2.22. The van der Waals surface area contributed by atoms with Gasteiger partial charge in [0.1, 0.15) is 0 Å². The molecule has 0 bridgehead atoms. The van der Waals surface area contributed by atoms with Gasteiger partial charge in [0, 0.05) is 17.8 Å². The molecule has 208 valence electrons. The predicted octanol–water partition coefficient (Wildman–Crippen LogP) is 8.68. The summed E-state index contributed by atoms with van der Waals surface area (Å²) in [6.45, 7) is 9.09. The van der Waals surface area contributed by atoms with Crippen molar-refractivity contribution in [1.29, 1.82) is 0 Å². The minimum Gasteiger partial charge on any atom is -0.462 e. The van der Waals surface area contributed by atoms with Crippen LogP contribution in [0.4, 0.5) is 0 Å². The second kappa shape index (κ2) is 21.3. The van der Waals surface area contributed by atoms with Gasteiger partial charge >= 0.3 is 11.9 Å². The molecule has 1 aliphatic heterocycles. The molecule has 0 saturated heterocycles. The highest BCUT2D eigenvalue weighted by Gasteiger charge is 2.26. The van der Waals surface area contributed by atoms with Crippen LogP contribution in [0.3, 0.4) is 0 Å². The molecule has 0 aliphatic carbocycles. The van der Waals surface area contributed by atoms with Gasteiger partial charge < -0.3 is 14.8 Å². The van der Waals surface area contributed by atoms with Gasteiger partial charge in [-0.05, 0) is 26.7 Å². The summed E-state index contributed by atoms with van der Waals surface area (Å²) in [5.41, 5.74) is 2.60. The highest BCUT2D eigenvalue weighted by Crippen LogP contribution is 2.25. The second-order valence-electron chi connectivity index (χ2n) is 10.4. The van der Waals surface area contributed by atoms with Crippen LogP contribution in [0.15, 0.2) is 22.5 Å². The molecule has 0 unspecified atom stereocenters. The summed E-state index contributed by atoms with van der Waals surface area (Å²) in [5.74, 6) is -0.646. The molecule has 0 aromatic carbocycles. The van der Waals surface area contributed by atoms with E-state index in [0.29, 0.717) is 24.4 Å². The number of carbonyl (C=O) groups excluding carboxylic acids is 2. The van der Waals surface area contributed by atoms with E-state index in [1.807, 2.05) is 13.8 Å². The smallest absolute Gasteiger partial charge is 0.336 e. The van der Waals surface area contributed by atoms with Crippen LogP contribution in [0.2, 0.25) is 0 Å². The van der Waals surface area contributed by atoms with Gasteiger partial charge in [-0.15, -0.1) is 0 Å². The average molecular weight is 506 g/mol. The van der Waals surface area contributed by atoms with Crippen molar-refractivity contribution in [3.63, 3.8) is 0 Å². The van der Waals surface area contributed by atoms with E-state index < -0.39 is 0 Å². The predicted molar refractivity (Wildman–Crippen MR) is 150 cm³/mol. The molecule has 0 spiro atoms. The first-order valence-electron chi connectivity index (χ1n) is 15.0. The summed E-state index contributed by atoms with van der Waals surface area (Å²) in [7, 11) is 0. The third kappa shape index (κ3) is 14.7. The Hall–Kier alpha value is -1.78. The SMILES string of the molecule is CCCCCCCCCCCOC(=O)C1=C(C)NC(C)=C(C(=O)OCCCCCCCCCCC)C1. The fourth-order valence-electron chi connectivity index (χ4n) is 4.65. The van der Waals surface area contributed by atoms with Gasteiger partial charge in [-0.3, -0.25) is 0 Å². The molecule has 1 aliphatic rings. The first kappa shape index (κ1) is 32.2. The Morgan fingerprint density at radius 1 is 0.556 bits per heavy atom. The maximum atomic E-state index is 12.7. The molecule has 0 aromatic rings. The summed E-state index contributed by atoms with van der Waals surface area (Å²) < 4.78 is 11.1. The molecule has 0 atom stereocenters. The lowest BCUT2D eigenvalue weighted by molar-refractivity contribution is -0.139. The van der Waals surface area contributed by atoms with Crippen LogP contribution in [0.5, 0.6) is 0 Å². The topological polar surface area (TPSA) is 64.6 Å². The average Bonchev–Trinajstić information content (AvgIpc) is 2.86. The summed E-state index contributed by atoms with van der Waals surface area (Å²) in [6.07, 6.45) is 22.4. The lowest BCUT2D eigenvalue weighted by atomic mass is 9.98. The van der Waals surface area contributed by atoms with Crippen molar-refractivity contribution in [2.75, 3.05) is 13.2 Å². The van der Waals surface area contributed by atoms with Crippen LogP contribution in [0.1, 0.15) is 150 Å². The third-order valence-corrected chi connectivity index (χ3v) is 7.09. The van der Waals surface area contributed by atoms with Gasteiger partial charge in [-0.25, -0.2) is 9.59 Å². The van der Waals surface area contributed by atoms with Crippen LogP contribution >= 0.6 is 0 Å². The van der Waals surface area contributed by atoms with Gasteiger partial charge in [0.2, 0.25) is 0 Å². The van der Waals surface area contributed by atoms with Crippen LogP contribution in [-0.4, -0.2) is 25.2 Å². The number of unbranched alkanes of at least 4 members (excludes halogenated alkanes) is 16. The van der Waals surface area contributed by atoms with Crippen molar-refractivity contribution in [1.82, 2.24) is 5.32 Å². The molecule has 5 nitrogen and oxygen atoms in total. The molecule has 0 saturated carbocycles. The lowest BCUT2D eigenvalue weighted by Gasteiger charge is -2.22. The van der Waals surface area contributed by atoms with E-state index in [1.165, 1.54) is 89.9 Å². The van der Waals surface area contributed by atoms with Gasteiger partial charge in [0.15, 0.2) is 0 Å². The van der Waals surface area contributed by atoms with Crippen molar-refractivity contribution < 1.29 is 19.1 Å². The zero-order valence-electron chi connectivity index (χ0n) is 24.0. The van der Waals surface area contributed by atoms with Gasteiger partial charge in [-0.2, -0.15) is 0 Å². The number of allylic oxidation sites excluding steroid dienone is 2. The maximum absolute atomic E-state index is 12.7. The zero-order valence-corrected chi connectivity index (χ0v) is 24.0. The lowest BCUT2D eigenvalue weighted by Crippen LogP contribution is -2.27. The van der Waals surface area contributed by atoms with E-state index in [9.17, 15) is 9.59 Å². The van der Waals surface area contributed by atoms with E-state index in [-0.39, 0.29) is 18.4 Å². The van der Waals surface area contributed by atoms with Crippen LogP contribution < -0.4 is 5.32 Å². The van der Waals surface area contributed by atoms with E-state index in [2.05, 4.69) is 19.2 Å². The maximum Gasteiger partial charge on any atom is 0.336 e. The first-order valence-corrected chi connectivity index (χ1v) is 15.0. The van der Waals surface area contributed by atoms with Crippen LogP contribution in [-0.2, 0) is 19.1 Å². The van der Waals surface area contributed by atoms with E-state index >= 15 is 0 Å². The number of hydrogen-bond acceptors (Lipinski definition) is 5. The molecule has 0 amide bonds. The number of carbonyl (C=O) groups is 2. The van der Waals surface area contributed by atoms with Crippen molar-refractivity contribution in [3.05, 3.63) is 22.5 Å². The summed E-state index contributed by atoms with van der Waals surface area (Å²) in [4.78, 5) is 25.3. The standard InChI is InChI=1S/C31H55NO4/c1-5-7-9-11-13-15-17-19-21-23-35-30(33)28-25-29(27(4)32-26(28)3)31(34)36-24-22-20-18-16-14-12-10-8-6-2/h32H,5-25H2,1-4H3. The van der Waals surface area contributed by atoms with Crippen molar-refractivity contribution in [2.45, 2.75) is 150 Å². The Labute approximate surface area is 221 Å². The minimum absolute atomic E-state index is 0.276. The summed E-state index contributed by atoms with van der Waals surface area (Å²) in [5, 5.41) is 3.18. The normalized spacial score (nSPS) is 13.7. The summed E-state index contributed by atoms with van der Waals surface area (Å²) >= 11 is 0. The van der Waals surface area contributed by atoms with E-state index in [1.54, 1.807) is 0 Å². The van der Waals surface area contributed by atoms with Crippen LogP contribution in [0.25, 0.3) is 0 Å². The van der Waals surface area contributed by atoms with E-state index in [0.717, 1.165) is 37.1 Å².